The van der Waals surface area contributed by atoms with Crippen molar-refractivity contribution in [3.63, 3.8) is 0 Å². The number of nitrogens with zero attached hydrogens (tertiary/aromatic N) is 1. The lowest BCUT2D eigenvalue weighted by molar-refractivity contribution is 1.01. The van der Waals surface area contributed by atoms with E-state index in [0.29, 0.717) is 5.69 Å². The van der Waals surface area contributed by atoms with E-state index in [1.54, 1.807) is 23.3 Å². The Morgan fingerprint density at radius 1 is 1.10 bits per heavy atom. The highest BCUT2D eigenvalue weighted by Crippen LogP contribution is 2.23. The van der Waals surface area contributed by atoms with Gasteiger partial charge in [-0.2, -0.15) is 0 Å². The van der Waals surface area contributed by atoms with Crippen molar-refractivity contribution in [1.82, 2.24) is 4.72 Å². The van der Waals surface area contributed by atoms with Crippen molar-refractivity contribution in [3.8, 4) is 0 Å². The summed E-state index contributed by atoms with van der Waals surface area (Å²) in [6.45, 7) is 1.60. The van der Waals surface area contributed by atoms with E-state index >= 15 is 0 Å². The molecular weight excluding hydrogens is 292 g/mol. The van der Waals surface area contributed by atoms with Crippen LogP contribution < -0.4 is 15.5 Å². The molecule has 7 heteroatoms. The summed E-state index contributed by atoms with van der Waals surface area (Å²) in [5, 5.41) is 6.02. The number of para-hydroxylation sites is 2. The average Bonchev–Trinajstić information content (AvgIpc) is 2.92. The molecule has 1 aromatic heterocycles. The van der Waals surface area contributed by atoms with Gasteiger partial charge in [-0.3, -0.25) is 4.72 Å². The SMILES string of the molecule is CSNCc1ccc(CNc2ccccc2NN=O)s1. The molecule has 1 aromatic carbocycles. The molecule has 0 saturated carbocycles. The summed E-state index contributed by atoms with van der Waals surface area (Å²) in [7, 11) is 0. The van der Waals surface area contributed by atoms with Crippen molar-refractivity contribution < 1.29 is 0 Å². The average molecular weight is 308 g/mol. The molecule has 0 saturated heterocycles. The summed E-state index contributed by atoms with van der Waals surface area (Å²) in [6.07, 6.45) is 2.01. The van der Waals surface area contributed by atoms with E-state index < -0.39 is 0 Å². The Balaban J connectivity index is 1.94. The van der Waals surface area contributed by atoms with E-state index in [2.05, 4.69) is 32.9 Å². The minimum Gasteiger partial charge on any atom is -0.378 e. The molecule has 0 radical (unpaired) electrons. The Morgan fingerprint density at radius 2 is 1.80 bits per heavy atom. The minimum absolute atomic E-state index is 0.684. The molecule has 5 nitrogen and oxygen atoms in total. The maximum atomic E-state index is 10.3. The summed E-state index contributed by atoms with van der Waals surface area (Å²) in [6, 6.07) is 11.7. The van der Waals surface area contributed by atoms with E-state index in [-0.39, 0.29) is 0 Å². The highest BCUT2D eigenvalue weighted by atomic mass is 32.2. The number of benzene rings is 1. The minimum atomic E-state index is 0.684. The van der Waals surface area contributed by atoms with Crippen LogP contribution in [0.1, 0.15) is 9.75 Å². The third-order valence-electron chi connectivity index (χ3n) is 2.65. The number of rotatable bonds is 8. The second-order valence-electron chi connectivity index (χ2n) is 4.00. The predicted octanol–water partition coefficient (Wildman–Crippen LogP) is 3.82. The highest BCUT2D eigenvalue weighted by Gasteiger charge is 2.03. The number of thiophene rings is 1. The molecule has 0 bridgehead atoms. The molecule has 0 unspecified atom stereocenters. The maximum Gasteiger partial charge on any atom is 0.0825 e. The topological polar surface area (TPSA) is 65.5 Å². The molecule has 0 fully saturated rings. The van der Waals surface area contributed by atoms with Gasteiger partial charge in [0.25, 0.3) is 0 Å². The molecule has 2 aromatic rings. The highest BCUT2D eigenvalue weighted by molar-refractivity contribution is 7.96. The van der Waals surface area contributed by atoms with Gasteiger partial charge in [-0.25, -0.2) is 5.43 Å². The van der Waals surface area contributed by atoms with Crippen LogP contribution in [0, 0.1) is 4.91 Å². The predicted molar refractivity (Wildman–Crippen MR) is 87.9 cm³/mol. The molecule has 0 aliphatic rings. The Labute approximate surface area is 126 Å². The molecule has 2 rings (SSSR count). The van der Waals surface area contributed by atoms with Gasteiger partial charge in [0.2, 0.25) is 0 Å². The Hall–Kier alpha value is -1.57. The van der Waals surface area contributed by atoms with E-state index in [1.165, 1.54) is 9.75 Å². The normalized spacial score (nSPS) is 10.2. The lowest BCUT2D eigenvalue weighted by Gasteiger charge is -2.09. The van der Waals surface area contributed by atoms with Gasteiger partial charge in [0, 0.05) is 22.8 Å². The van der Waals surface area contributed by atoms with Crippen molar-refractivity contribution in [2.24, 2.45) is 5.29 Å². The van der Waals surface area contributed by atoms with Crippen LogP contribution in [0.15, 0.2) is 41.7 Å². The lowest BCUT2D eigenvalue weighted by atomic mass is 10.2. The van der Waals surface area contributed by atoms with Gasteiger partial charge in [-0.05, 0) is 30.5 Å². The molecule has 20 heavy (non-hydrogen) atoms. The van der Waals surface area contributed by atoms with Crippen molar-refractivity contribution in [1.29, 1.82) is 0 Å². The van der Waals surface area contributed by atoms with Crippen LogP contribution in [0.25, 0.3) is 0 Å². The molecule has 1 heterocycles. The van der Waals surface area contributed by atoms with Gasteiger partial charge in [0.1, 0.15) is 0 Å². The van der Waals surface area contributed by atoms with Gasteiger partial charge >= 0.3 is 0 Å². The first-order valence-electron chi connectivity index (χ1n) is 6.08. The van der Waals surface area contributed by atoms with Gasteiger partial charge in [-0.15, -0.1) is 16.2 Å². The zero-order chi connectivity index (χ0) is 14.2. The fraction of sp³-hybridized carbons (Fsp3) is 0.231. The van der Waals surface area contributed by atoms with Crippen molar-refractivity contribution in [2.75, 3.05) is 17.0 Å². The first-order chi connectivity index (χ1) is 9.83. The number of nitroso groups, excluding NO2 is 1. The zero-order valence-electron chi connectivity index (χ0n) is 11.1. The number of anilines is 2. The van der Waals surface area contributed by atoms with Crippen molar-refractivity contribution >= 4 is 34.7 Å². The Kier molecular flexibility index (Phi) is 5.85. The van der Waals surface area contributed by atoms with Crippen molar-refractivity contribution in [3.05, 3.63) is 51.1 Å². The Bertz CT molecular complexity index is 559. The van der Waals surface area contributed by atoms with Crippen LogP contribution in [-0.2, 0) is 13.1 Å². The van der Waals surface area contributed by atoms with Crippen LogP contribution in [0.2, 0.25) is 0 Å². The fourth-order valence-electron chi connectivity index (χ4n) is 1.72. The lowest BCUT2D eigenvalue weighted by Crippen LogP contribution is -2.01. The summed E-state index contributed by atoms with van der Waals surface area (Å²) in [4.78, 5) is 12.9. The first kappa shape index (κ1) is 14.8. The molecule has 0 aliphatic heterocycles. The monoisotopic (exact) mass is 308 g/mol. The smallest absolute Gasteiger partial charge is 0.0825 e. The molecule has 106 valence electrons. The summed E-state index contributed by atoms with van der Waals surface area (Å²) in [5.74, 6) is 0. The number of hydrogen-bond donors (Lipinski definition) is 3. The maximum absolute atomic E-state index is 10.3. The van der Waals surface area contributed by atoms with E-state index in [9.17, 15) is 4.91 Å². The van der Waals surface area contributed by atoms with Crippen LogP contribution in [0.3, 0.4) is 0 Å². The standard InChI is InChI=1S/C13H16N4OS2/c1-19-15-9-11-7-6-10(20-11)8-14-12-4-2-3-5-13(12)16-17-18/h2-7,14-15H,8-9H2,1H3,(H,16,18). The van der Waals surface area contributed by atoms with Gasteiger partial charge in [-0.1, -0.05) is 24.1 Å². The molecular formula is C13H16N4OS2. The fourth-order valence-corrected chi connectivity index (χ4v) is 3.01. The third-order valence-corrected chi connectivity index (χ3v) is 4.17. The third kappa shape index (κ3) is 4.22. The van der Waals surface area contributed by atoms with Crippen molar-refractivity contribution in [2.45, 2.75) is 13.1 Å². The van der Waals surface area contributed by atoms with Crippen LogP contribution in [-0.4, -0.2) is 6.26 Å². The molecule has 0 amide bonds. The van der Waals surface area contributed by atoms with Crippen LogP contribution in [0.5, 0.6) is 0 Å². The molecule has 3 N–H and O–H groups in total. The second kappa shape index (κ2) is 7.88. The quantitative estimate of drug-likeness (QED) is 0.393. The number of hydrogen-bond acceptors (Lipinski definition) is 6. The summed E-state index contributed by atoms with van der Waals surface area (Å²) in [5.41, 5.74) is 3.99. The van der Waals surface area contributed by atoms with Gasteiger partial charge < -0.3 is 5.32 Å². The largest absolute Gasteiger partial charge is 0.378 e. The van der Waals surface area contributed by atoms with E-state index in [1.807, 2.05) is 30.5 Å². The zero-order valence-corrected chi connectivity index (χ0v) is 12.7. The van der Waals surface area contributed by atoms with E-state index in [4.69, 9.17) is 0 Å². The second-order valence-corrected chi connectivity index (χ2v) is 5.95. The Morgan fingerprint density at radius 3 is 2.50 bits per heavy atom. The molecule has 0 aliphatic carbocycles. The molecule has 0 atom stereocenters. The van der Waals surface area contributed by atoms with Gasteiger partial charge in [0.05, 0.1) is 16.7 Å². The van der Waals surface area contributed by atoms with Crippen LogP contribution >= 0.6 is 23.3 Å². The molecule has 0 spiro atoms. The van der Waals surface area contributed by atoms with E-state index in [0.717, 1.165) is 18.8 Å². The first-order valence-corrected chi connectivity index (χ1v) is 8.12. The van der Waals surface area contributed by atoms with Gasteiger partial charge in [0.15, 0.2) is 0 Å². The summed E-state index contributed by atoms with van der Waals surface area (Å²) < 4.78 is 3.23. The number of nitrogens with one attached hydrogen (secondary N) is 3. The van der Waals surface area contributed by atoms with Crippen LogP contribution in [0.4, 0.5) is 11.4 Å². The summed E-state index contributed by atoms with van der Waals surface area (Å²) >= 11 is 3.38.